The molecule has 1 rings (SSSR count). The highest BCUT2D eigenvalue weighted by Crippen LogP contribution is 1.98. The minimum atomic E-state index is 0.598. The summed E-state index contributed by atoms with van der Waals surface area (Å²) in [7, 11) is 4.23. The van der Waals surface area contributed by atoms with Gasteiger partial charge >= 0.3 is 0 Å². The smallest absolute Gasteiger partial charge is 0.145 e. The number of hydrogen-bond donors (Lipinski definition) is 1. The molecule has 1 aromatic heterocycles. The number of aromatic nitrogens is 2. The van der Waals surface area contributed by atoms with E-state index in [0.29, 0.717) is 5.82 Å². The van der Waals surface area contributed by atoms with Crippen LogP contribution in [0.4, 0.5) is 5.82 Å². The van der Waals surface area contributed by atoms with Gasteiger partial charge < -0.3 is 15.5 Å². The fourth-order valence-electron chi connectivity index (χ4n) is 1.78. The van der Waals surface area contributed by atoms with E-state index < -0.39 is 0 Å². The second kappa shape index (κ2) is 7.29. The molecule has 0 radical (unpaired) electrons. The zero-order chi connectivity index (χ0) is 12.7. The Morgan fingerprint density at radius 2 is 2.06 bits per heavy atom. The van der Waals surface area contributed by atoms with Gasteiger partial charge in [0, 0.05) is 12.7 Å². The van der Waals surface area contributed by atoms with E-state index in [1.807, 2.05) is 16.9 Å². The van der Waals surface area contributed by atoms with Crippen molar-refractivity contribution < 1.29 is 0 Å². The van der Waals surface area contributed by atoms with Crippen LogP contribution >= 0.6 is 0 Å². The SMILES string of the molecule is CCN(CCCN(C)C)CCn1ccc(N)n1. The first-order valence-electron chi connectivity index (χ1n) is 6.28. The third-order valence-corrected chi connectivity index (χ3v) is 2.83. The molecule has 5 nitrogen and oxygen atoms in total. The molecule has 2 N–H and O–H groups in total. The predicted octanol–water partition coefficient (Wildman–Crippen LogP) is 0.739. The van der Waals surface area contributed by atoms with E-state index in [0.717, 1.165) is 32.7 Å². The first-order valence-corrected chi connectivity index (χ1v) is 6.28. The molecule has 0 spiro atoms. The lowest BCUT2D eigenvalue weighted by atomic mass is 10.3. The quantitative estimate of drug-likeness (QED) is 0.727. The van der Waals surface area contributed by atoms with Crippen LogP contribution in [-0.2, 0) is 6.54 Å². The van der Waals surface area contributed by atoms with Crippen molar-refractivity contribution in [1.82, 2.24) is 19.6 Å². The highest BCUT2D eigenvalue weighted by atomic mass is 15.3. The normalized spacial score (nSPS) is 11.6. The number of rotatable bonds is 8. The van der Waals surface area contributed by atoms with Gasteiger partial charge in [-0.2, -0.15) is 5.10 Å². The zero-order valence-electron chi connectivity index (χ0n) is 11.3. The van der Waals surface area contributed by atoms with Crippen LogP contribution in [-0.4, -0.2) is 59.9 Å². The lowest BCUT2D eigenvalue weighted by Gasteiger charge is -2.21. The van der Waals surface area contributed by atoms with Crippen molar-refractivity contribution in [2.75, 3.05) is 46.0 Å². The van der Waals surface area contributed by atoms with Crippen molar-refractivity contribution in [3.63, 3.8) is 0 Å². The molecule has 0 aliphatic heterocycles. The maximum absolute atomic E-state index is 5.58. The Morgan fingerprint density at radius 1 is 1.29 bits per heavy atom. The monoisotopic (exact) mass is 239 g/mol. The van der Waals surface area contributed by atoms with Crippen molar-refractivity contribution in [1.29, 1.82) is 0 Å². The number of nitrogens with zero attached hydrogens (tertiary/aromatic N) is 4. The van der Waals surface area contributed by atoms with Gasteiger partial charge in [-0.05, 0) is 46.2 Å². The molecule has 0 fully saturated rings. The summed E-state index contributed by atoms with van der Waals surface area (Å²) in [6.07, 6.45) is 3.14. The van der Waals surface area contributed by atoms with Crippen LogP contribution in [0.1, 0.15) is 13.3 Å². The van der Waals surface area contributed by atoms with Crippen molar-refractivity contribution in [3.8, 4) is 0 Å². The average molecular weight is 239 g/mol. The van der Waals surface area contributed by atoms with E-state index in [9.17, 15) is 0 Å². The summed E-state index contributed by atoms with van der Waals surface area (Å²) in [5.74, 6) is 0.598. The van der Waals surface area contributed by atoms with Crippen LogP contribution in [0.5, 0.6) is 0 Å². The Morgan fingerprint density at radius 3 is 2.59 bits per heavy atom. The lowest BCUT2D eigenvalue weighted by Crippen LogP contribution is -2.30. The topological polar surface area (TPSA) is 50.3 Å². The van der Waals surface area contributed by atoms with Crippen molar-refractivity contribution in [2.24, 2.45) is 0 Å². The summed E-state index contributed by atoms with van der Waals surface area (Å²) in [6.45, 7) is 7.52. The van der Waals surface area contributed by atoms with Crippen LogP contribution in [0.15, 0.2) is 12.3 Å². The van der Waals surface area contributed by atoms with E-state index in [4.69, 9.17) is 5.73 Å². The first kappa shape index (κ1) is 14.0. The Labute approximate surface area is 104 Å². The molecule has 0 amide bonds. The van der Waals surface area contributed by atoms with E-state index in [1.165, 1.54) is 6.42 Å². The zero-order valence-corrected chi connectivity index (χ0v) is 11.3. The highest BCUT2D eigenvalue weighted by Gasteiger charge is 2.03. The molecule has 0 atom stereocenters. The van der Waals surface area contributed by atoms with E-state index in [-0.39, 0.29) is 0 Å². The maximum atomic E-state index is 5.58. The van der Waals surface area contributed by atoms with Crippen LogP contribution in [0.3, 0.4) is 0 Å². The van der Waals surface area contributed by atoms with Crippen molar-refractivity contribution in [2.45, 2.75) is 19.9 Å². The number of anilines is 1. The molecule has 5 heteroatoms. The molecule has 17 heavy (non-hydrogen) atoms. The Hall–Kier alpha value is -1.07. The minimum Gasteiger partial charge on any atom is -0.382 e. The van der Waals surface area contributed by atoms with Gasteiger partial charge in [0.05, 0.1) is 6.54 Å². The van der Waals surface area contributed by atoms with Crippen molar-refractivity contribution in [3.05, 3.63) is 12.3 Å². The summed E-state index contributed by atoms with van der Waals surface area (Å²) in [6, 6.07) is 1.84. The predicted molar refractivity (Wildman–Crippen MR) is 71.9 cm³/mol. The molecule has 1 heterocycles. The van der Waals surface area contributed by atoms with Crippen LogP contribution in [0.25, 0.3) is 0 Å². The Kier molecular flexibility index (Phi) is 6.00. The number of likely N-dealkylation sites (N-methyl/N-ethyl adjacent to an activating group) is 1. The van der Waals surface area contributed by atoms with Crippen LogP contribution in [0.2, 0.25) is 0 Å². The third kappa shape index (κ3) is 5.70. The molecule has 0 aliphatic carbocycles. The van der Waals surface area contributed by atoms with Gasteiger partial charge in [0.25, 0.3) is 0 Å². The number of nitrogen functional groups attached to an aromatic ring is 1. The standard InChI is InChI=1S/C12H25N5/c1-4-16(8-5-7-15(2)3)10-11-17-9-6-12(13)14-17/h6,9H,4-5,7-8,10-11H2,1-3H3,(H2,13,14). The third-order valence-electron chi connectivity index (χ3n) is 2.83. The lowest BCUT2D eigenvalue weighted by molar-refractivity contribution is 0.254. The molecular weight excluding hydrogens is 214 g/mol. The Balaban J connectivity index is 2.22. The van der Waals surface area contributed by atoms with Gasteiger partial charge in [-0.15, -0.1) is 0 Å². The largest absolute Gasteiger partial charge is 0.382 e. The van der Waals surface area contributed by atoms with Gasteiger partial charge in [0.1, 0.15) is 5.82 Å². The highest BCUT2D eigenvalue weighted by molar-refractivity contribution is 5.23. The van der Waals surface area contributed by atoms with E-state index >= 15 is 0 Å². The first-order chi connectivity index (χ1) is 8.11. The second-order valence-electron chi connectivity index (χ2n) is 4.59. The summed E-state index contributed by atoms with van der Waals surface area (Å²) in [5.41, 5.74) is 5.58. The summed E-state index contributed by atoms with van der Waals surface area (Å²) < 4.78 is 1.91. The van der Waals surface area contributed by atoms with Crippen LogP contribution < -0.4 is 5.73 Å². The molecular formula is C12H25N5. The fourth-order valence-corrected chi connectivity index (χ4v) is 1.78. The molecule has 0 unspecified atom stereocenters. The van der Waals surface area contributed by atoms with E-state index in [1.54, 1.807) is 0 Å². The Bertz CT molecular complexity index is 308. The molecule has 0 aliphatic rings. The molecule has 0 saturated heterocycles. The van der Waals surface area contributed by atoms with Crippen molar-refractivity contribution >= 4 is 5.82 Å². The van der Waals surface area contributed by atoms with E-state index in [2.05, 4.69) is 35.9 Å². The van der Waals surface area contributed by atoms with Gasteiger partial charge in [-0.25, -0.2) is 0 Å². The number of hydrogen-bond acceptors (Lipinski definition) is 4. The van der Waals surface area contributed by atoms with Gasteiger partial charge in [0.2, 0.25) is 0 Å². The molecule has 0 aromatic carbocycles. The fraction of sp³-hybridized carbons (Fsp3) is 0.750. The maximum Gasteiger partial charge on any atom is 0.145 e. The number of nitrogens with two attached hydrogens (primary N) is 1. The minimum absolute atomic E-state index is 0.598. The summed E-state index contributed by atoms with van der Waals surface area (Å²) >= 11 is 0. The molecule has 98 valence electrons. The molecule has 0 saturated carbocycles. The second-order valence-corrected chi connectivity index (χ2v) is 4.59. The van der Waals surface area contributed by atoms with Gasteiger partial charge in [0.15, 0.2) is 0 Å². The van der Waals surface area contributed by atoms with Gasteiger partial charge in [-0.3, -0.25) is 4.68 Å². The average Bonchev–Trinajstić information content (AvgIpc) is 2.69. The van der Waals surface area contributed by atoms with Gasteiger partial charge in [-0.1, -0.05) is 6.92 Å². The van der Waals surface area contributed by atoms with Crippen LogP contribution in [0, 0.1) is 0 Å². The summed E-state index contributed by atoms with van der Waals surface area (Å²) in [4.78, 5) is 4.67. The molecule has 1 aromatic rings. The molecule has 0 bridgehead atoms. The summed E-state index contributed by atoms with van der Waals surface area (Å²) in [5, 5.41) is 4.18.